The van der Waals surface area contributed by atoms with Crippen molar-refractivity contribution < 1.29 is 9.05 Å². The van der Waals surface area contributed by atoms with Crippen molar-refractivity contribution in [2.24, 2.45) is 5.92 Å². The van der Waals surface area contributed by atoms with Gasteiger partial charge < -0.3 is 4.52 Å². The van der Waals surface area contributed by atoms with E-state index < -0.39 is 0 Å². The third-order valence-electron chi connectivity index (χ3n) is 4.44. The number of rotatable bonds is 4. The third kappa shape index (κ3) is 2.94. The van der Waals surface area contributed by atoms with Gasteiger partial charge in [-0.3, -0.25) is 9.09 Å². The number of nitrogens with zero attached hydrogens (tertiary/aromatic N) is 3. The van der Waals surface area contributed by atoms with Crippen LogP contribution in [0.15, 0.2) is 13.8 Å². The summed E-state index contributed by atoms with van der Waals surface area (Å²) in [6.07, 6.45) is 6.71. The Hall–Kier alpha value is -1.85. The van der Waals surface area contributed by atoms with E-state index in [1.54, 1.807) is 4.57 Å². The molecule has 6 nitrogen and oxygen atoms in total. The Bertz CT molecular complexity index is 643. The molecule has 2 aromatic heterocycles. The average molecular weight is 291 g/mol. The van der Waals surface area contributed by atoms with Gasteiger partial charge >= 0.3 is 5.76 Å². The zero-order valence-corrected chi connectivity index (χ0v) is 12.6. The van der Waals surface area contributed by atoms with Crippen molar-refractivity contribution in [1.82, 2.24) is 14.9 Å². The van der Waals surface area contributed by atoms with Crippen molar-refractivity contribution in [2.45, 2.75) is 58.9 Å². The predicted octanol–water partition coefficient (Wildman–Crippen LogP) is 2.61. The molecule has 1 fully saturated rings. The largest absolute Gasteiger partial charge is 0.441 e. The molecule has 0 saturated heterocycles. The lowest BCUT2D eigenvalue weighted by Gasteiger charge is -2.21. The van der Waals surface area contributed by atoms with E-state index in [1.807, 2.05) is 13.8 Å². The van der Waals surface area contributed by atoms with E-state index in [0.29, 0.717) is 24.7 Å². The van der Waals surface area contributed by atoms with E-state index in [-0.39, 0.29) is 5.76 Å². The fourth-order valence-electron chi connectivity index (χ4n) is 3.14. The summed E-state index contributed by atoms with van der Waals surface area (Å²) in [6, 6.07) is 0. The van der Waals surface area contributed by atoms with Crippen LogP contribution < -0.4 is 5.76 Å². The lowest BCUT2D eigenvalue weighted by atomic mass is 9.89. The summed E-state index contributed by atoms with van der Waals surface area (Å²) in [7, 11) is 0. The normalized spacial score (nSPS) is 16.5. The second kappa shape index (κ2) is 5.87. The average Bonchev–Trinajstić information content (AvgIpc) is 2.99. The molecule has 2 aromatic rings. The molecule has 3 rings (SSSR count). The van der Waals surface area contributed by atoms with Gasteiger partial charge in [-0.05, 0) is 32.6 Å². The Balaban J connectivity index is 1.81. The van der Waals surface area contributed by atoms with Gasteiger partial charge in [0.25, 0.3) is 0 Å². The Morgan fingerprint density at radius 1 is 1.14 bits per heavy atom. The summed E-state index contributed by atoms with van der Waals surface area (Å²) in [6.45, 7) is 4.48. The van der Waals surface area contributed by atoms with E-state index in [2.05, 4.69) is 10.3 Å². The molecule has 0 aliphatic heterocycles. The van der Waals surface area contributed by atoms with Crippen LogP contribution in [0.3, 0.4) is 0 Å². The molecular weight excluding hydrogens is 270 g/mol. The highest BCUT2D eigenvalue weighted by Crippen LogP contribution is 2.25. The van der Waals surface area contributed by atoms with Crippen LogP contribution in [0.2, 0.25) is 0 Å². The first kappa shape index (κ1) is 14.1. The highest BCUT2D eigenvalue weighted by Gasteiger charge is 2.20. The second-order valence-corrected chi connectivity index (χ2v) is 5.96. The van der Waals surface area contributed by atoms with Gasteiger partial charge in [0, 0.05) is 18.5 Å². The highest BCUT2D eigenvalue weighted by atomic mass is 16.5. The topological polar surface area (TPSA) is 74.1 Å². The molecule has 6 heteroatoms. The van der Waals surface area contributed by atoms with E-state index in [4.69, 9.17) is 9.05 Å². The van der Waals surface area contributed by atoms with Gasteiger partial charge in [0.1, 0.15) is 5.76 Å². The van der Waals surface area contributed by atoms with Gasteiger partial charge in [0.15, 0.2) is 5.82 Å². The van der Waals surface area contributed by atoms with E-state index in [0.717, 1.165) is 17.0 Å². The maximum absolute atomic E-state index is 11.9. The third-order valence-corrected chi connectivity index (χ3v) is 4.44. The number of aryl methyl sites for hydroxylation is 2. The van der Waals surface area contributed by atoms with Crippen LogP contribution in [0, 0.1) is 19.8 Å². The Morgan fingerprint density at radius 3 is 2.57 bits per heavy atom. The summed E-state index contributed by atoms with van der Waals surface area (Å²) in [5.41, 5.74) is 1.83. The van der Waals surface area contributed by atoms with Gasteiger partial charge in [-0.15, -0.1) is 0 Å². The van der Waals surface area contributed by atoms with Gasteiger partial charge in [-0.25, -0.2) is 4.79 Å². The first-order chi connectivity index (χ1) is 10.1. The molecule has 1 saturated carbocycles. The minimum atomic E-state index is -0.359. The van der Waals surface area contributed by atoms with E-state index >= 15 is 0 Å². The molecule has 0 aromatic carbocycles. The van der Waals surface area contributed by atoms with Gasteiger partial charge in [0.05, 0.1) is 5.69 Å². The lowest BCUT2D eigenvalue weighted by molar-refractivity contribution is 0.303. The monoisotopic (exact) mass is 291 g/mol. The van der Waals surface area contributed by atoms with Gasteiger partial charge in [0.2, 0.25) is 0 Å². The summed E-state index contributed by atoms with van der Waals surface area (Å²) >= 11 is 0. The van der Waals surface area contributed by atoms with Crippen LogP contribution >= 0.6 is 0 Å². The summed E-state index contributed by atoms with van der Waals surface area (Å²) in [4.78, 5) is 11.9. The minimum Gasteiger partial charge on any atom is -0.361 e. The fraction of sp³-hybridized carbons (Fsp3) is 0.667. The van der Waals surface area contributed by atoms with Crippen molar-refractivity contribution in [2.75, 3.05) is 0 Å². The van der Waals surface area contributed by atoms with Crippen LogP contribution in [0.4, 0.5) is 0 Å². The molecule has 1 aliphatic rings. The molecule has 114 valence electrons. The van der Waals surface area contributed by atoms with Crippen LogP contribution in [0.25, 0.3) is 0 Å². The molecular formula is C15H21N3O3. The first-order valence-corrected chi connectivity index (χ1v) is 7.62. The molecule has 1 aliphatic carbocycles. The van der Waals surface area contributed by atoms with Crippen LogP contribution in [0.1, 0.15) is 54.9 Å². The van der Waals surface area contributed by atoms with Crippen molar-refractivity contribution in [3.63, 3.8) is 0 Å². The molecule has 0 radical (unpaired) electrons. The van der Waals surface area contributed by atoms with Crippen LogP contribution in [-0.2, 0) is 13.0 Å². The smallest absolute Gasteiger partial charge is 0.361 e. The SMILES string of the molecule is Cc1noc(C)c1Cc1noc(=O)n1CC1CCCCC1. The number of hydrogen-bond donors (Lipinski definition) is 0. The van der Waals surface area contributed by atoms with Crippen molar-refractivity contribution in [1.29, 1.82) is 0 Å². The quantitative estimate of drug-likeness (QED) is 0.865. The Kier molecular flexibility index (Phi) is 3.94. The van der Waals surface area contributed by atoms with Crippen molar-refractivity contribution in [3.05, 3.63) is 33.4 Å². The van der Waals surface area contributed by atoms with Crippen molar-refractivity contribution >= 4 is 0 Å². The summed E-state index contributed by atoms with van der Waals surface area (Å²) in [5, 5.41) is 7.89. The van der Waals surface area contributed by atoms with Crippen LogP contribution in [0.5, 0.6) is 0 Å². The number of aromatic nitrogens is 3. The first-order valence-electron chi connectivity index (χ1n) is 7.62. The molecule has 0 atom stereocenters. The van der Waals surface area contributed by atoms with E-state index in [9.17, 15) is 4.79 Å². The summed E-state index contributed by atoms with van der Waals surface area (Å²) in [5.74, 6) is 1.63. The maximum atomic E-state index is 11.9. The molecule has 0 spiro atoms. The maximum Gasteiger partial charge on any atom is 0.441 e. The second-order valence-electron chi connectivity index (χ2n) is 5.96. The zero-order valence-electron chi connectivity index (χ0n) is 12.6. The minimum absolute atomic E-state index is 0.359. The molecule has 0 bridgehead atoms. The predicted molar refractivity (Wildman–Crippen MR) is 76.1 cm³/mol. The standard InChI is InChI=1S/C15H21N3O3/c1-10-13(11(2)20-16-10)8-14-17-21-15(19)18(14)9-12-6-4-3-5-7-12/h12H,3-9H2,1-2H3. The van der Waals surface area contributed by atoms with E-state index in [1.165, 1.54) is 32.1 Å². The Morgan fingerprint density at radius 2 is 1.90 bits per heavy atom. The number of hydrogen-bond acceptors (Lipinski definition) is 5. The molecule has 2 heterocycles. The molecule has 0 N–H and O–H groups in total. The Labute approximate surface area is 123 Å². The molecule has 0 amide bonds. The fourth-order valence-corrected chi connectivity index (χ4v) is 3.14. The van der Waals surface area contributed by atoms with Crippen molar-refractivity contribution in [3.8, 4) is 0 Å². The lowest BCUT2D eigenvalue weighted by Crippen LogP contribution is -2.23. The van der Waals surface area contributed by atoms with Gasteiger partial charge in [-0.2, -0.15) is 0 Å². The van der Waals surface area contributed by atoms with Crippen LogP contribution in [-0.4, -0.2) is 14.9 Å². The molecule has 21 heavy (non-hydrogen) atoms. The van der Waals surface area contributed by atoms with Gasteiger partial charge in [-0.1, -0.05) is 29.6 Å². The molecule has 0 unspecified atom stereocenters. The zero-order chi connectivity index (χ0) is 14.8. The summed E-state index contributed by atoms with van der Waals surface area (Å²) < 4.78 is 11.7. The highest BCUT2D eigenvalue weighted by molar-refractivity contribution is 5.24.